The Morgan fingerprint density at radius 1 is 1.57 bits per heavy atom. The first-order valence-corrected chi connectivity index (χ1v) is 4.40. The van der Waals surface area contributed by atoms with Gasteiger partial charge in [-0.1, -0.05) is 24.3 Å². The zero-order valence-electron chi connectivity index (χ0n) is 7.76. The van der Waals surface area contributed by atoms with Crippen molar-refractivity contribution in [2.24, 2.45) is 17.4 Å². The van der Waals surface area contributed by atoms with E-state index in [-0.39, 0.29) is 5.92 Å². The number of rotatable bonds is 3. The summed E-state index contributed by atoms with van der Waals surface area (Å²) in [5.41, 5.74) is 11.6. The van der Waals surface area contributed by atoms with E-state index in [0.29, 0.717) is 6.42 Å². The molecule has 1 aliphatic carbocycles. The molecule has 0 saturated carbocycles. The highest BCUT2D eigenvalue weighted by Crippen LogP contribution is 2.17. The van der Waals surface area contributed by atoms with Gasteiger partial charge in [0.15, 0.2) is 0 Å². The number of carbonyl (C=O) groups is 1. The Labute approximate surface area is 82.6 Å². The predicted molar refractivity (Wildman–Crippen MR) is 54.3 cm³/mol. The molecular formula is C10H14N2O2. The number of nitrogens with two attached hydrogens (primary N) is 2. The van der Waals surface area contributed by atoms with Crippen molar-refractivity contribution in [1.29, 1.82) is 0 Å². The van der Waals surface area contributed by atoms with Gasteiger partial charge in [-0.05, 0) is 17.9 Å². The zero-order chi connectivity index (χ0) is 10.6. The van der Waals surface area contributed by atoms with Gasteiger partial charge in [0.25, 0.3) is 0 Å². The molecular weight excluding hydrogens is 180 g/mol. The second kappa shape index (κ2) is 4.62. The summed E-state index contributed by atoms with van der Waals surface area (Å²) in [7, 11) is 0. The largest absolute Gasteiger partial charge is 0.480 e. The van der Waals surface area contributed by atoms with Gasteiger partial charge in [-0.2, -0.15) is 0 Å². The summed E-state index contributed by atoms with van der Waals surface area (Å²) in [5, 5.41) is 8.61. The number of hydrogen-bond acceptors (Lipinski definition) is 3. The minimum Gasteiger partial charge on any atom is -0.480 e. The summed E-state index contributed by atoms with van der Waals surface area (Å²) in [6.07, 6.45) is 9.45. The maximum atomic E-state index is 10.5. The second-order valence-corrected chi connectivity index (χ2v) is 3.23. The number of aliphatic carboxylic acids is 1. The van der Waals surface area contributed by atoms with E-state index in [1.165, 1.54) is 6.20 Å². The number of hydrogen-bond donors (Lipinski definition) is 3. The molecule has 0 unspecified atom stereocenters. The first kappa shape index (κ1) is 10.5. The number of carboxylic acids is 1. The molecule has 14 heavy (non-hydrogen) atoms. The molecule has 0 amide bonds. The molecule has 4 nitrogen and oxygen atoms in total. The van der Waals surface area contributed by atoms with Gasteiger partial charge in [-0.15, -0.1) is 0 Å². The molecule has 0 aromatic rings. The molecule has 1 aliphatic rings. The van der Waals surface area contributed by atoms with Gasteiger partial charge in [0.05, 0.1) is 0 Å². The zero-order valence-corrected chi connectivity index (χ0v) is 7.76. The average molecular weight is 194 g/mol. The molecule has 0 aromatic heterocycles. The van der Waals surface area contributed by atoms with E-state index >= 15 is 0 Å². The normalized spacial score (nSPS) is 22.1. The monoisotopic (exact) mass is 194 g/mol. The molecule has 1 rings (SSSR count). The summed E-state index contributed by atoms with van der Waals surface area (Å²) < 4.78 is 0. The molecule has 0 heterocycles. The van der Waals surface area contributed by atoms with Crippen molar-refractivity contribution in [2.75, 3.05) is 0 Å². The molecule has 4 heteroatoms. The van der Waals surface area contributed by atoms with Gasteiger partial charge >= 0.3 is 5.97 Å². The van der Waals surface area contributed by atoms with Crippen molar-refractivity contribution in [3.8, 4) is 0 Å². The van der Waals surface area contributed by atoms with Crippen molar-refractivity contribution >= 4 is 5.97 Å². The van der Waals surface area contributed by atoms with Gasteiger partial charge < -0.3 is 16.6 Å². The van der Waals surface area contributed by atoms with Crippen molar-refractivity contribution in [3.63, 3.8) is 0 Å². The summed E-state index contributed by atoms with van der Waals surface area (Å²) in [6.45, 7) is 0. The maximum Gasteiger partial charge on any atom is 0.320 e. The van der Waals surface area contributed by atoms with Crippen LogP contribution in [0.2, 0.25) is 0 Å². The SMILES string of the molecule is NC=C1C=CC(C[C@H](N)C(=O)O)C=C1. The molecule has 0 spiro atoms. The highest BCUT2D eigenvalue weighted by atomic mass is 16.4. The lowest BCUT2D eigenvalue weighted by molar-refractivity contribution is -0.138. The fourth-order valence-electron chi connectivity index (χ4n) is 1.25. The molecule has 76 valence electrons. The molecule has 0 saturated heterocycles. The smallest absolute Gasteiger partial charge is 0.320 e. The average Bonchev–Trinajstić information content (AvgIpc) is 2.19. The van der Waals surface area contributed by atoms with Gasteiger partial charge in [0, 0.05) is 6.20 Å². The highest BCUT2D eigenvalue weighted by Gasteiger charge is 2.16. The third-order valence-electron chi connectivity index (χ3n) is 2.11. The van der Waals surface area contributed by atoms with Gasteiger partial charge in [-0.25, -0.2) is 0 Å². The van der Waals surface area contributed by atoms with Gasteiger partial charge in [0.1, 0.15) is 6.04 Å². The van der Waals surface area contributed by atoms with Crippen LogP contribution in [0.4, 0.5) is 0 Å². The van der Waals surface area contributed by atoms with E-state index in [4.69, 9.17) is 16.6 Å². The molecule has 0 radical (unpaired) electrons. The van der Waals surface area contributed by atoms with Crippen LogP contribution < -0.4 is 11.5 Å². The van der Waals surface area contributed by atoms with E-state index in [1.54, 1.807) is 0 Å². The highest BCUT2D eigenvalue weighted by molar-refractivity contribution is 5.73. The Morgan fingerprint density at radius 3 is 2.57 bits per heavy atom. The minimum atomic E-state index is -0.966. The van der Waals surface area contributed by atoms with Crippen molar-refractivity contribution in [3.05, 3.63) is 36.1 Å². The van der Waals surface area contributed by atoms with Crippen molar-refractivity contribution in [2.45, 2.75) is 12.5 Å². The quantitative estimate of drug-likeness (QED) is 0.605. The van der Waals surface area contributed by atoms with Crippen LogP contribution >= 0.6 is 0 Å². The topological polar surface area (TPSA) is 89.3 Å². The molecule has 0 aromatic carbocycles. The maximum absolute atomic E-state index is 10.5. The van der Waals surface area contributed by atoms with Crippen LogP contribution in [0.1, 0.15) is 6.42 Å². The van der Waals surface area contributed by atoms with Crippen LogP contribution in [0.3, 0.4) is 0 Å². The lowest BCUT2D eigenvalue weighted by atomic mass is 9.94. The Morgan fingerprint density at radius 2 is 2.14 bits per heavy atom. The first-order chi connectivity index (χ1) is 6.63. The Hall–Kier alpha value is -1.55. The van der Waals surface area contributed by atoms with Crippen molar-refractivity contribution < 1.29 is 9.90 Å². The van der Waals surface area contributed by atoms with Crippen LogP contribution in [0.25, 0.3) is 0 Å². The number of carboxylic acid groups (broad SMARTS) is 1. The predicted octanol–water partition coefficient (Wildman–Crippen LogP) is 0.373. The van der Waals surface area contributed by atoms with Crippen molar-refractivity contribution in [1.82, 2.24) is 0 Å². The van der Waals surface area contributed by atoms with Crippen LogP contribution in [-0.2, 0) is 4.79 Å². The summed E-state index contributed by atoms with van der Waals surface area (Å²) in [5.74, 6) is -0.878. The fraction of sp³-hybridized carbons (Fsp3) is 0.300. The van der Waals surface area contributed by atoms with E-state index < -0.39 is 12.0 Å². The standard InChI is InChI=1S/C10H14N2O2/c11-6-8-3-1-7(2-4-8)5-9(12)10(13)14/h1-4,6-7,9H,5,11-12H2,(H,13,14)/t7?,9-/m0/s1. The molecule has 0 fully saturated rings. The Bertz CT molecular complexity index is 289. The van der Waals surface area contributed by atoms with E-state index in [0.717, 1.165) is 5.57 Å². The summed E-state index contributed by atoms with van der Waals surface area (Å²) in [6, 6.07) is -0.808. The van der Waals surface area contributed by atoms with Gasteiger partial charge in [-0.3, -0.25) is 4.79 Å². The fourth-order valence-corrected chi connectivity index (χ4v) is 1.25. The number of allylic oxidation sites excluding steroid dienone is 5. The van der Waals surface area contributed by atoms with E-state index in [2.05, 4.69) is 0 Å². The molecule has 5 N–H and O–H groups in total. The van der Waals surface area contributed by atoms with Crippen LogP contribution in [0.5, 0.6) is 0 Å². The Kier molecular flexibility index (Phi) is 3.48. The third-order valence-corrected chi connectivity index (χ3v) is 2.11. The lowest BCUT2D eigenvalue weighted by Gasteiger charge is -2.14. The van der Waals surface area contributed by atoms with E-state index in [1.807, 2.05) is 24.3 Å². The lowest BCUT2D eigenvalue weighted by Crippen LogP contribution is -2.31. The Balaban J connectivity index is 2.51. The first-order valence-electron chi connectivity index (χ1n) is 4.40. The molecule has 1 atom stereocenters. The second-order valence-electron chi connectivity index (χ2n) is 3.23. The third kappa shape index (κ3) is 2.74. The minimum absolute atomic E-state index is 0.0878. The van der Waals surface area contributed by atoms with Crippen LogP contribution in [-0.4, -0.2) is 17.1 Å². The molecule has 0 bridgehead atoms. The van der Waals surface area contributed by atoms with Crippen LogP contribution in [0, 0.1) is 5.92 Å². The molecule has 0 aliphatic heterocycles. The van der Waals surface area contributed by atoms with Gasteiger partial charge in [0.2, 0.25) is 0 Å². The summed E-state index contributed by atoms with van der Waals surface area (Å²) in [4.78, 5) is 10.5. The van der Waals surface area contributed by atoms with Crippen LogP contribution in [0.15, 0.2) is 36.1 Å². The van der Waals surface area contributed by atoms with E-state index in [9.17, 15) is 4.79 Å². The summed E-state index contributed by atoms with van der Waals surface area (Å²) >= 11 is 0.